The van der Waals surface area contributed by atoms with Crippen molar-refractivity contribution in [1.29, 1.82) is 0 Å². The summed E-state index contributed by atoms with van der Waals surface area (Å²) < 4.78 is 93.3. The third-order valence-corrected chi connectivity index (χ3v) is 6.95. The fraction of sp³-hybridized carbons (Fsp3) is 0.294. The summed E-state index contributed by atoms with van der Waals surface area (Å²) in [6, 6.07) is 7.39. The lowest BCUT2D eigenvalue weighted by atomic mass is 10.2. The summed E-state index contributed by atoms with van der Waals surface area (Å²) >= 11 is 5.56. The van der Waals surface area contributed by atoms with E-state index in [-0.39, 0.29) is 21.5 Å². The molecular formula is C17H18ClF3N2O4S2. The fourth-order valence-corrected chi connectivity index (χ4v) is 5.13. The molecule has 2 rings (SSSR count). The second-order valence-corrected chi connectivity index (χ2v) is 10.3. The summed E-state index contributed by atoms with van der Waals surface area (Å²) in [6.45, 7) is 2.87. The third-order valence-electron chi connectivity index (χ3n) is 3.60. The maximum atomic E-state index is 13.2. The zero-order valence-corrected chi connectivity index (χ0v) is 17.7. The van der Waals surface area contributed by atoms with E-state index >= 15 is 0 Å². The van der Waals surface area contributed by atoms with E-state index in [4.69, 9.17) is 11.6 Å². The number of sulfonamides is 2. The van der Waals surface area contributed by atoms with Crippen LogP contribution in [-0.2, 0) is 32.8 Å². The van der Waals surface area contributed by atoms with Crippen LogP contribution in [0.2, 0.25) is 5.02 Å². The highest BCUT2D eigenvalue weighted by Crippen LogP contribution is 2.35. The Morgan fingerprint density at radius 3 is 2.24 bits per heavy atom. The van der Waals surface area contributed by atoms with Gasteiger partial charge in [-0.25, -0.2) is 26.3 Å². The van der Waals surface area contributed by atoms with E-state index in [1.165, 1.54) is 24.3 Å². The van der Waals surface area contributed by atoms with Crippen LogP contribution in [0.5, 0.6) is 0 Å². The van der Waals surface area contributed by atoms with Gasteiger partial charge in [0.05, 0.1) is 15.4 Å². The first-order valence-electron chi connectivity index (χ1n) is 8.20. The van der Waals surface area contributed by atoms with Gasteiger partial charge in [-0.1, -0.05) is 23.7 Å². The molecule has 0 amide bonds. The van der Waals surface area contributed by atoms with Gasteiger partial charge in [0, 0.05) is 17.6 Å². The molecule has 0 spiro atoms. The van der Waals surface area contributed by atoms with Gasteiger partial charge in [0.25, 0.3) is 0 Å². The molecule has 0 fully saturated rings. The largest absolute Gasteiger partial charge is 0.417 e. The number of alkyl halides is 3. The molecule has 0 aliphatic carbocycles. The molecule has 2 aromatic carbocycles. The van der Waals surface area contributed by atoms with Crippen molar-refractivity contribution in [2.45, 2.75) is 42.4 Å². The predicted octanol–water partition coefficient (Wildman–Crippen LogP) is 3.52. The highest BCUT2D eigenvalue weighted by Gasteiger charge is 2.37. The number of benzene rings is 2. The maximum Gasteiger partial charge on any atom is 0.417 e. The van der Waals surface area contributed by atoms with Crippen LogP contribution in [0.1, 0.15) is 25.0 Å². The summed E-state index contributed by atoms with van der Waals surface area (Å²) in [4.78, 5) is -1.06. The van der Waals surface area contributed by atoms with Crippen molar-refractivity contribution in [3.05, 3.63) is 58.6 Å². The number of nitrogens with one attached hydrogen (secondary N) is 2. The first kappa shape index (κ1) is 23.6. The fourth-order valence-electron chi connectivity index (χ4n) is 2.42. The molecule has 6 nitrogen and oxygen atoms in total. The van der Waals surface area contributed by atoms with E-state index in [0.717, 1.165) is 12.1 Å². The number of halogens is 4. The molecule has 0 saturated carbocycles. The predicted molar refractivity (Wildman–Crippen MR) is 102 cm³/mol. The second-order valence-electron chi connectivity index (χ2n) is 6.39. The van der Waals surface area contributed by atoms with Crippen LogP contribution in [0, 0.1) is 0 Å². The Bertz CT molecular complexity index is 1100. The van der Waals surface area contributed by atoms with Crippen molar-refractivity contribution in [2.75, 3.05) is 0 Å². The number of rotatable bonds is 7. The molecule has 0 unspecified atom stereocenters. The number of hydrogen-bond acceptors (Lipinski definition) is 4. The van der Waals surface area contributed by atoms with Crippen LogP contribution in [0.15, 0.2) is 52.3 Å². The van der Waals surface area contributed by atoms with Crippen LogP contribution < -0.4 is 9.44 Å². The van der Waals surface area contributed by atoms with Crippen LogP contribution in [0.3, 0.4) is 0 Å². The monoisotopic (exact) mass is 470 g/mol. The summed E-state index contributed by atoms with van der Waals surface area (Å²) in [5.74, 6) is 0. The van der Waals surface area contributed by atoms with Crippen molar-refractivity contribution in [2.24, 2.45) is 0 Å². The summed E-state index contributed by atoms with van der Waals surface area (Å²) in [5, 5.41) is -0.258. The highest BCUT2D eigenvalue weighted by atomic mass is 35.5. The average Bonchev–Trinajstić information content (AvgIpc) is 2.58. The van der Waals surface area contributed by atoms with Gasteiger partial charge in [-0.2, -0.15) is 13.2 Å². The summed E-state index contributed by atoms with van der Waals surface area (Å²) in [6.07, 6.45) is -4.93. The minimum atomic E-state index is -4.93. The molecule has 160 valence electrons. The van der Waals surface area contributed by atoms with Crippen molar-refractivity contribution < 1.29 is 30.0 Å². The van der Waals surface area contributed by atoms with Gasteiger partial charge in [-0.3, -0.25) is 0 Å². The molecule has 0 heterocycles. The maximum absolute atomic E-state index is 13.2. The van der Waals surface area contributed by atoms with E-state index in [2.05, 4.69) is 9.44 Å². The standard InChI is InChI=1S/C17H18ClF3N2O4S2/c1-11(2)23-28(24,25)14-5-3-4-12(8-14)10-22-29(26,27)16-7-6-13(18)9-15(16)17(19,20)21/h3-9,11,22-23H,10H2,1-2H3. The lowest BCUT2D eigenvalue weighted by Crippen LogP contribution is -2.30. The smallest absolute Gasteiger partial charge is 0.209 e. The Morgan fingerprint density at radius 2 is 1.66 bits per heavy atom. The Balaban J connectivity index is 2.30. The molecule has 0 saturated heterocycles. The first-order valence-corrected chi connectivity index (χ1v) is 11.5. The van der Waals surface area contributed by atoms with E-state index in [1.54, 1.807) is 13.8 Å². The Labute approximate surface area is 172 Å². The average molecular weight is 471 g/mol. The normalized spacial score (nSPS) is 13.1. The zero-order valence-electron chi connectivity index (χ0n) is 15.3. The topological polar surface area (TPSA) is 92.3 Å². The van der Waals surface area contributed by atoms with E-state index in [0.29, 0.717) is 6.07 Å². The highest BCUT2D eigenvalue weighted by molar-refractivity contribution is 7.89. The molecule has 0 radical (unpaired) electrons. The molecule has 0 aliphatic heterocycles. The molecule has 0 bridgehead atoms. The van der Waals surface area contributed by atoms with Gasteiger partial charge in [-0.05, 0) is 49.7 Å². The lowest BCUT2D eigenvalue weighted by molar-refractivity contribution is -0.139. The van der Waals surface area contributed by atoms with Gasteiger partial charge in [0.2, 0.25) is 20.0 Å². The lowest BCUT2D eigenvalue weighted by Gasteiger charge is -2.15. The van der Waals surface area contributed by atoms with Crippen LogP contribution in [-0.4, -0.2) is 22.9 Å². The number of hydrogen-bond donors (Lipinski definition) is 2. The van der Waals surface area contributed by atoms with Crippen molar-refractivity contribution >= 4 is 31.6 Å². The zero-order chi connectivity index (χ0) is 22.0. The van der Waals surface area contributed by atoms with E-state index in [9.17, 15) is 30.0 Å². The Kier molecular flexibility index (Phi) is 7.01. The van der Waals surface area contributed by atoms with E-state index < -0.39 is 43.2 Å². The molecule has 0 aromatic heterocycles. The molecule has 29 heavy (non-hydrogen) atoms. The van der Waals surface area contributed by atoms with Crippen LogP contribution in [0.25, 0.3) is 0 Å². The van der Waals surface area contributed by atoms with Gasteiger partial charge in [0.1, 0.15) is 0 Å². The minimum Gasteiger partial charge on any atom is -0.209 e. The molecule has 2 aromatic rings. The molecule has 0 aliphatic rings. The SMILES string of the molecule is CC(C)NS(=O)(=O)c1cccc(CNS(=O)(=O)c2ccc(Cl)cc2C(F)(F)F)c1. The molecule has 0 atom stereocenters. The third kappa shape index (κ3) is 6.16. The molecule has 12 heteroatoms. The van der Waals surface area contributed by atoms with Gasteiger partial charge in [0.15, 0.2) is 0 Å². The first-order chi connectivity index (χ1) is 13.2. The van der Waals surface area contributed by atoms with Crippen LogP contribution >= 0.6 is 11.6 Å². The van der Waals surface area contributed by atoms with Gasteiger partial charge < -0.3 is 0 Å². The summed E-state index contributed by atoms with van der Waals surface area (Å²) in [5.41, 5.74) is -1.14. The Hall–Kier alpha value is -1.66. The molecular weight excluding hydrogens is 453 g/mol. The van der Waals surface area contributed by atoms with Crippen molar-refractivity contribution in [3.8, 4) is 0 Å². The van der Waals surface area contributed by atoms with Crippen molar-refractivity contribution in [3.63, 3.8) is 0 Å². The van der Waals surface area contributed by atoms with Crippen LogP contribution in [0.4, 0.5) is 13.2 Å². The Morgan fingerprint density at radius 1 is 1.00 bits per heavy atom. The summed E-state index contributed by atoms with van der Waals surface area (Å²) in [7, 11) is -8.36. The van der Waals surface area contributed by atoms with Crippen molar-refractivity contribution in [1.82, 2.24) is 9.44 Å². The second kappa shape index (κ2) is 8.60. The van der Waals surface area contributed by atoms with E-state index in [1.807, 2.05) is 0 Å². The molecule has 2 N–H and O–H groups in total. The minimum absolute atomic E-state index is 0.0922. The quantitative estimate of drug-likeness (QED) is 0.647. The van der Waals surface area contributed by atoms with Gasteiger partial charge in [-0.15, -0.1) is 0 Å². The van der Waals surface area contributed by atoms with Gasteiger partial charge >= 0.3 is 6.18 Å².